The van der Waals surface area contributed by atoms with E-state index in [4.69, 9.17) is 5.73 Å². The van der Waals surface area contributed by atoms with Crippen LogP contribution in [0.15, 0.2) is 18.2 Å². The van der Waals surface area contributed by atoms with Gasteiger partial charge in [-0.1, -0.05) is 0 Å². The predicted octanol–water partition coefficient (Wildman–Crippen LogP) is 2.77. The molecule has 3 nitrogen and oxygen atoms in total. The van der Waals surface area contributed by atoms with Gasteiger partial charge in [0.1, 0.15) is 5.82 Å². The van der Waals surface area contributed by atoms with E-state index in [1.54, 1.807) is 6.07 Å². The number of halogens is 1. The Hall–Kier alpha value is -1.13. The highest BCUT2D eigenvalue weighted by Gasteiger charge is 2.27. The van der Waals surface area contributed by atoms with Gasteiger partial charge in [-0.05, 0) is 51.5 Å². The molecule has 1 atom stereocenters. The van der Waals surface area contributed by atoms with Crippen LogP contribution in [-0.4, -0.2) is 36.6 Å². The fourth-order valence-corrected chi connectivity index (χ4v) is 2.80. The van der Waals surface area contributed by atoms with Gasteiger partial charge in [0.05, 0.1) is 0 Å². The standard InChI is InChI=1S/C16H26FN3/c1-12(18)14-11-13(17)5-6-15(14)19-7-9-20(10-8-19)16(2,3)4/h5-6,11-12H,7-10,18H2,1-4H3. The van der Waals surface area contributed by atoms with Crippen LogP contribution in [0.4, 0.5) is 10.1 Å². The van der Waals surface area contributed by atoms with Gasteiger partial charge in [-0.2, -0.15) is 0 Å². The van der Waals surface area contributed by atoms with Crippen LogP contribution in [-0.2, 0) is 0 Å². The maximum Gasteiger partial charge on any atom is 0.123 e. The topological polar surface area (TPSA) is 32.5 Å². The SMILES string of the molecule is CC(N)c1cc(F)ccc1N1CCN(C(C)(C)C)CC1. The van der Waals surface area contributed by atoms with Gasteiger partial charge in [-0.3, -0.25) is 4.90 Å². The summed E-state index contributed by atoms with van der Waals surface area (Å²) in [5.74, 6) is -0.214. The lowest BCUT2D eigenvalue weighted by atomic mass is 10.0. The monoisotopic (exact) mass is 279 g/mol. The zero-order valence-corrected chi connectivity index (χ0v) is 13.0. The zero-order valence-electron chi connectivity index (χ0n) is 13.0. The lowest BCUT2D eigenvalue weighted by Crippen LogP contribution is -2.53. The van der Waals surface area contributed by atoms with Crippen molar-refractivity contribution in [1.29, 1.82) is 0 Å². The Balaban J connectivity index is 2.15. The molecule has 20 heavy (non-hydrogen) atoms. The molecule has 1 aromatic carbocycles. The molecule has 4 heteroatoms. The van der Waals surface area contributed by atoms with E-state index in [0.717, 1.165) is 37.4 Å². The van der Waals surface area contributed by atoms with Crippen LogP contribution in [0.25, 0.3) is 0 Å². The van der Waals surface area contributed by atoms with Crippen molar-refractivity contribution in [1.82, 2.24) is 4.90 Å². The Labute approximate surface area is 121 Å². The number of anilines is 1. The summed E-state index contributed by atoms with van der Waals surface area (Å²) in [5, 5.41) is 0. The minimum absolute atomic E-state index is 0.152. The fraction of sp³-hybridized carbons (Fsp3) is 0.625. The Morgan fingerprint density at radius 2 is 1.75 bits per heavy atom. The molecule has 2 N–H and O–H groups in total. The number of piperazine rings is 1. The number of rotatable bonds is 2. The van der Waals surface area contributed by atoms with Gasteiger partial charge in [0.15, 0.2) is 0 Å². The average molecular weight is 279 g/mol. The van der Waals surface area contributed by atoms with Gasteiger partial charge in [-0.25, -0.2) is 4.39 Å². The molecular formula is C16H26FN3. The van der Waals surface area contributed by atoms with Gasteiger partial charge in [0.2, 0.25) is 0 Å². The molecule has 1 saturated heterocycles. The number of hydrogen-bond acceptors (Lipinski definition) is 3. The van der Waals surface area contributed by atoms with Crippen LogP contribution in [0.5, 0.6) is 0 Å². The van der Waals surface area contributed by atoms with E-state index in [9.17, 15) is 4.39 Å². The summed E-state index contributed by atoms with van der Waals surface area (Å²) in [7, 11) is 0. The second-order valence-corrected chi connectivity index (χ2v) is 6.64. The minimum Gasteiger partial charge on any atom is -0.369 e. The van der Waals surface area contributed by atoms with Gasteiger partial charge in [-0.15, -0.1) is 0 Å². The first-order valence-corrected chi connectivity index (χ1v) is 7.34. The van der Waals surface area contributed by atoms with Gasteiger partial charge >= 0.3 is 0 Å². The van der Waals surface area contributed by atoms with Gasteiger partial charge in [0.25, 0.3) is 0 Å². The molecule has 0 amide bonds. The number of hydrogen-bond donors (Lipinski definition) is 1. The van der Waals surface area contributed by atoms with E-state index in [0.29, 0.717) is 0 Å². The quantitative estimate of drug-likeness (QED) is 0.903. The van der Waals surface area contributed by atoms with Crippen molar-refractivity contribution in [2.75, 3.05) is 31.1 Å². The molecule has 0 bridgehead atoms. The van der Waals surface area contributed by atoms with Crippen molar-refractivity contribution in [2.24, 2.45) is 5.73 Å². The lowest BCUT2D eigenvalue weighted by molar-refractivity contribution is 0.128. The molecular weight excluding hydrogens is 253 g/mol. The molecule has 1 aromatic rings. The van der Waals surface area contributed by atoms with Crippen LogP contribution in [0.2, 0.25) is 0 Å². The maximum atomic E-state index is 13.4. The smallest absolute Gasteiger partial charge is 0.123 e. The first-order valence-electron chi connectivity index (χ1n) is 7.34. The van der Waals surface area contributed by atoms with Crippen LogP contribution < -0.4 is 10.6 Å². The lowest BCUT2D eigenvalue weighted by Gasteiger charge is -2.43. The third kappa shape index (κ3) is 3.30. The second kappa shape index (κ2) is 5.70. The van der Waals surface area contributed by atoms with Crippen LogP contribution in [0.3, 0.4) is 0 Å². The van der Waals surface area contributed by atoms with Crippen LogP contribution in [0.1, 0.15) is 39.3 Å². The highest BCUT2D eigenvalue weighted by atomic mass is 19.1. The average Bonchev–Trinajstić information content (AvgIpc) is 2.37. The molecule has 0 spiro atoms. The minimum atomic E-state index is -0.214. The molecule has 0 saturated carbocycles. The molecule has 0 aliphatic carbocycles. The Bertz CT molecular complexity index is 457. The largest absolute Gasteiger partial charge is 0.369 e. The van der Waals surface area contributed by atoms with E-state index in [2.05, 4.69) is 30.6 Å². The molecule has 1 fully saturated rings. The molecule has 0 aromatic heterocycles. The van der Waals surface area contributed by atoms with Crippen molar-refractivity contribution in [2.45, 2.75) is 39.3 Å². The molecule has 1 aliphatic rings. The van der Waals surface area contributed by atoms with Crippen molar-refractivity contribution in [3.8, 4) is 0 Å². The third-order valence-electron chi connectivity index (χ3n) is 4.05. The summed E-state index contributed by atoms with van der Waals surface area (Å²) < 4.78 is 13.4. The highest BCUT2D eigenvalue weighted by molar-refractivity contribution is 5.55. The summed E-state index contributed by atoms with van der Waals surface area (Å²) in [6.45, 7) is 12.6. The summed E-state index contributed by atoms with van der Waals surface area (Å²) in [4.78, 5) is 4.80. The van der Waals surface area contributed by atoms with Gasteiger partial charge < -0.3 is 10.6 Å². The number of benzene rings is 1. The van der Waals surface area contributed by atoms with Crippen molar-refractivity contribution >= 4 is 5.69 Å². The van der Waals surface area contributed by atoms with E-state index >= 15 is 0 Å². The van der Waals surface area contributed by atoms with E-state index in [1.165, 1.54) is 6.07 Å². The summed E-state index contributed by atoms with van der Waals surface area (Å²) >= 11 is 0. The van der Waals surface area contributed by atoms with Crippen molar-refractivity contribution < 1.29 is 4.39 Å². The number of nitrogens with zero attached hydrogens (tertiary/aromatic N) is 2. The Morgan fingerprint density at radius 3 is 2.25 bits per heavy atom. The van der Waals surface area contributed by atoms with Crippen LogP contribution in [0, 0.1) is 5.82 Å². The number of nitrogens with two attached hydrogens (primary N) is 1. The Kier molecular flexibility index (Phi) is 4.35. The molecule has 112 valence electrons. The molecule has 0 radical (unpaired) electrons. The summed E-state index contributed by atoms with van der Waals surface area (Å²) in [6.07, 6.45) is 0. The maximum absolute atomic E-state index is 13.4. The normalized spacial score (nSPS) is 19.2. The van der Waals surface area contributed by atoms with E-state index < -0.39 is 0 Å². The molecule has 1 heterocycles. The highest BCUT2D eigenvalue weighted by Crippen LogP contribution is 2.28. The van der Waals surface area contributed by atoms with Crippen molar-refractivity contribution in [3.63, 3.8) is 0 Å². The zero-order chi connectivity index (χ0) is 14.9. The predicted molar refractivity (Wildman–Crippen MR) is 82.5 cm³/mol. The molecule has 1 unspecified atom stereocenters. The first kappa shape index (κ1) is 15.3. The first-order chi connectivity index (χ1) is 9.29. The summed E-state index contributed by atoms with van der Waals surface area (Å²) in [5.41, 5.74) is 8.17. The molecule has 1 aliphatic heterocycles. The van der Waals surface area contributed by atoms with Gasteiger partial charge in [0, 0.05) is 43.4 Å². The third-order valence-corrected chi connectivity index (χ3v) is 4.05. The van der Waals surface area contributed by atoms with Crippen molar-refractivity contribution in [3.05, 3.63) is 29.6 Å². The second-order valence-electron chi connectivity index (χ2n) is 6.64. The summed E-state index contributed by atoms with van der Waals surface area (Å²) in [6, 6.07) is 4.80. The van der Waals surface area contributed by atoms with E-state index in [-0.39, 0.29) is 17.4 Å². The Morgan fingerprint density at radius 1 is 1.15 bits per heavy atom. The molecule has 2 rings (SSSR count). The van der Waals surface area contributed by atoms with E-state index in [1.807, 2.05) is 13.0 Å². The van der Waals surface area contributed by atoms with Crippen LogP contribution >= 0.6 is 0 Å². The fourth-order valence-electron chi connectivity index (χ4n) is 2.80.